The number of phenolic OH excluding ortho intramolecular Hbond substituents is 1. The molecule has 2 aromatic rings. The van der Waals surface area contributed by atoms with Crippen LogP contribution in [0.4, 0.5) is 0 Å². The van der Waals surface area contributed by atoms with E-state index in [1.807, 2.05) is 24.3 Å². The summed E-state index contributed by atoms with van der Waals surface area (Å²) in [5.41, 5.74) is 2.20. The third-order valence-corrected chi connectivity index (χ3v) is 6.80. The van der Waals surface area contributed by atoms with Crippen molar-refractivity contribution in [2.75, 3.05) is 19.9 Å². The molecule has 0 radical (unpaired) electrons. The minimum absolute atomic E-state index is 0.0139. The van der Waals surface area contributed by atoms with Gasteiger partial charge in [-0.25, -0.2) is 4.79 Å². The quantitative estimate of drug-likeness (QED) is 0.252. The third-order valence-electron chi connectivity index (χ3n) is 6.80. The molecular weight excluding hydrogens is 532 g/mol. The van der Waals surface area contributed by atoms with Gasteiger partial charge in [0.15, 0.2) is 0 Å². The maximum atomic E-state index is 13.0. The van der Waals surface area contributed by atoms with Crippen molar-refractivity contribution in [1.82, 2.24) is 10.6 Å². The first-order valence-electron chi connectivity index (χ1n) is 13.3. The molecule has 0 spiro atoms. The number of para-hydroxylation sites is 1. The Bertz CT molecular complexity index is 1290. The number of fused-ring (bicyclic) bond motifs is 1. The summed E-state index contributed by atoms with van der Waals surface area (Å²) in [7, 11) is 0. The van der Waals surface area contributed by atoms with E-state index in [-0.39, 0.29) is 37.7 Å². The van der Waals surface area contributed by atoms with Gasteiger partial charge in [-0.2, -0.15) is 0 Å². The normalized spacial score (nSPS) is 21.4. The number of carbonyl (C=O) groups excluding carboxylic acids is 3. The second kappa shape index (κ2) is 14.0. The fraction of sp³-hybridized carbons (Fsp3) is 0.367. The van der Waals surface area contributed by atoms with E-state index in [0.717, 1.165) is 11.1 Å². The van der Waals surface area contributed by atoms with Gasteiger partial charge >= 0.3 is 5.97 Å². The lowest BCUT2D eigenvalue weighted by Gasteiger charge is -2.31. The average Bonchev–Trinajstić information content (AvgIpc) is 3.45. The van der Waals surface area contributed by atoms with E-state index in [4.69, 9.17) is 19.3 Å². The predicted molar refractivity (Wildman–Crippen MR) is 148 cm³/mol. The topological polar surface area (TPSA) is 164 Å². The number of hydrogen-bond donors (Lipinski definition) is 5. The average molecular weight is 567 g/mol. The highest BCUT2D eigenvalue weighted by Crippen LogP contribution is 2.31. The number of aliphatic hydroxyl groups excluding tert-OH is 2. The van der Waals surface area contributed by atoms with Gasteiger partial charge in [-0.1, -0.05) is 42.5 Å². The van der Waals surface area contributed by atoms with Gasteiger partial charge in [0, 0.05) is 18.5 Å². The summed E-state index contributed by atoms with van der Waals surface area (Å²) in [6, 6.07) is 12.7. The summed E-state index contributed by atoms with van der Waals surface area (Å²) in [6.45, 7) is 1.02. The fourth-order valence-corrected chi connectivity index (χ4v) is 4.59. The highest BCUT2D eigenvalue weighted by Gasteiger charge is 2.43. The van der Waals surface area contributed by atoms with Crippen LogP contribution in [0.25, 0.3) is 6.08 Å². The summed E-state index contributed by atoms with van der Waals surface area (Å²) in [5, 5.41) is 33.8. The van der Waals surface area contributed by atoms with Crippen molar-refractivity contribution >= 4 is 23.9 Å². The van der Waals surface area contributed by atoms with Gasteiger partial charge < -0.3 is 40.2 Å². The number of phenols is 1. The van der Waals surface area contributed by atoms with E-state index < -0.39 is 48.2 Å². The Kier molecular flexibility index (Phi) is 10.3. The van der Waals surface area contributed by atoms with Gasteiger partial charge in [0.2, 0.25) is 11.8 Å². The molecule has 5 atom stereocenters. The molecule has 41 heavy (non-hydrogen) atoms. The van der Waals surface area contributed by atoms with E-state index in [9.17, 15) is 24.6 Å². The Balaban J connectivity index is 1.38. The number of allylic oxidation sites excluding steroid dienone is 1. The molecule has 0 saturated carbocycles. The molecule has 1 saturated heterocycles. The lowest BCUT2D eigenvalue weighted by atomic mass is 9.91. The Labute approximate surface area is 237 Å². The van der Waals surface area contributed by atoms with Crippen LogP contribution in [0.3, 0.4) is 0 Å². The summed E-state index contributed by atoms with van der Waals surface area (Å²) < 4.78 is 16.9. The van der Waals surface area contributed by atoms with Gasteiger partial charge in [0.25, 0.3) is 0 Å². The first-order chi connectivity index (χ1) is 19.8. The second-order valence-electron chi connectivity index (χ2n) is 9.78. The van der Waals surface area contributed by atoms with Crippen molar-refractivity contribution in [2.45, 2.75) is 50.2 Å². The molecule has 0 unspecified atom stereocenters. The van der Waals surface area contributed by atoms with Crippen LogP contribution < -0.4 is 10.6 Å². The van der Waals surface area contributed by atoms with E-state index in [1.165, 1.54) is 6.92 Å². The Morgan fingerprint density at radius 2 is 1.88 bits per heavy atom. The maximum Gasteiger partial charge on any atom is 0.338 e. The van der Waals surface area contributed by atoms with Gasteiger partial charge in [-0.3, -0.25) is 9.59 Å². The zero-order valence-electron chi connectivity index (χ0n) is 22.6. The van der Waals surface area contributed by atoms with Gasteiger partial charge in [-0.15, -0.1) is 0 Å². The largest absolute Gasteiger partial charge is 0.508 e. The van der Waals surface area contributed by atoms with Crippen molar-refractivity contribution in [1.29, 1.82) is 0 Å². The highest BCUT2D eigenvalue weighted by atomic mass is 16.7. The molecule has 2 aromatic carbocycles. The van der Waals surface area contributed by atoms with Crippen LogP contribution in [0.15, 0.2) is 66.3 Å². The Morgan fingerprint density at radius 1 is 1.12 bits per heavy atom. The maximum absolute atomic E-state index is 13.0. The lowest BCUT2D eigenvalue weighted by molar-refractivity contribution is -0.130. The summed E-state index contributed by atoms with van der Waals surface area (Å²) in [4.78, 5) is 38.4. The first kappa shape index (κ1) is 29.9. The van der Waals surface area contributed by atoms with E-state index in [2.05, 4.69) is 10.6 Å². The molecule has 1 fully saturated rings. The number of aromatic hydroxyl groups is 1. The number of esters is 1. The van der Waals surface area contributed by atoms with Crippen LogP contribution in [0.1, 0.15) is 34.8 Å². The monoisotopic (exact) mass is 566 g/mol. The number of carbonyl (C=O) groups is 3. The minimum atomic E-state index is -1.25. The second-order valence-corrected chi connectivity index (χ2v) is 9.78. The number of rotatable bonds is 11. The lowest BCUT2D eigenvalue weighted by Crippen LogP contribution is -2.54. The molecule has 1 aliphatic carbocycles. The Hall–Kier alpha value is -4.03. The number of aliphatic hydroxyl groups is 2. The molecule has 0 aromatic heterocycles. The molecule has 1 heterocycles. The van der Waals surface area contributed by atoms with Crippen LogP contribution in [-0.2, 0) is 30.2 Å². The van der Waals surface area contributed by atoms with Gasteiger partial charge in [0.05, 0.1) is 18.3 Å². The van der Waals surface area contributed by atoms with Crippen LogP contribution in [0, 0.1) is 0 Å². The summed E-state index contributed by atoms with van der Waals surface area (Å²) in [6.07, 6.45) is 2.68. The number of nitrogens with one attached hydrogen (secondary N) is 2. The third kappa shape index (κ3) is 7.80. The molecule has 11 heteroatoms. The standard InChI is InChI=1S/C30H34N2O9/c1-18(34)26(29(37)31-13-14-33)32-28(36)22-15-24-27(40-17-39-24)25(16-22)41-30(38)21-11-9-19(10-12-21)5-4-7-20-6-2-3-8-23(20)35/h2-6,8-12,15,18,24-27,33-35H,7,13-14,16-17H2,1H3,(H,31,37)(H,32,36)/t18-,24+,25+,26+,27+/m0/s1. The molecule has 11 nitrogen and oxygen atoms in total. The SMILES string of the molecule is C[C@H](O)[C@@H](NC(=O)C1=C[C@H]2OCO[C@H]2[C@H](OC(=O)c2ccc(C=CCc3ccccc3O)cc2)C1)C(=O)NCCO. The van der Waals surface area contributed by atoms with Gasteiger partial charge in [0.1, 0.15) is 36.9 Å². The number of hydrogen-bond acceptors (Lipinski definition) is 9. The summed E-state index contributed by atoms with van der Waals surface area (Å²) >= 11 is 0. The van der Waals surface area contributed by atoms with E-state index in [0.29, 0.717) is 12.0 Å². The van der Waals surface area contributed by atoms with Crippen molar-refractivity contribution < 1.29 is 43.9 Å². The zero-order chi connectivity index (χ0) is 29.4. The Morgan fingerprint density at radius 3 is 2.59 bits per heavy atom. The summed E-state index contributed by atoms with van der Waals surface area (Å²) in [5.74, 6) is -1.62. The van der Waals surface area contributed by atoms with Crippen molar-refractivity contribution in [2.24, 2.45) is 0 Å². The van der Waals surface area contributed by atoms with E-state index in [1.54, 1.807) is 42.5 Å². The molecule has 2 amide bonds. The smallest absolute Gasteiger partial charge is 0.338 e. The van der Waals surface area contributed by atoms with Crippen LogP contribution in [0.5, 0.6) is 5.75 Å². The number of ether oxygens (including phenoxy) is 3. The molecule has 1 aliphatic heterocycles. The van der Waals surface area contributed by atoms with E-state index >= 15 is 0 Å². The predicted octanol–water partition coefficient (Wildman–Crippen LogP) is 1.22. The fourth-order valence-electron chi connectivity index (χ4n) is 4.59. The number of amides is 2. The molecular formula is C30H34N2O9. The minimum Gasteiger partial charge on any atom is -0.508 e. The molecule has 218 valence electrons. The van der Waals surface area contributed by atoms with Crippen molar-refractivity contribution in [3.05, 3.63) is 82.9 Å². The first-order valence-corrected chi connectivity index (χ1v) is 13.3. The molecule has 2 aliphatic rings. The van der Waals surface area contributed by atoms with Crippen molar-refractivity contribution in [3.8, 4) is 5.75 Å². The zero-order valence-corrected chi connectivity index (χ0v) is 22.6. The van der Waals surface area contributed by atoms with Crippen LogP contribution in [-0.4, -0.2) is 83.5 Å². The molecule has 0 bridgehead atoms. The van der Waals surface area contributed by atoms with Gasteiger partial charge in [-0.05, 0) is 48.7 Å². The van der Waals surface area contributed by atoms with Crippen LogP contribution in [0.2, 0.25) is 0 Å². The number of benzene rings is 2. The molecule has 5 N–H and O–H groups in total. The van der Waals surface area contributed by atoms with Crippen LogP contribution >= 0.6 is 0 Å². The molecule has 4 rings (SSSR count). The highest BCUT2D eigenvalue weighted by molar-refractivity contribution is 5.97. The van der Waals surface area contributed by atoms with Crippen molar-refractivity contribution in [3.63, 3.8) is 0 Å².